The molecule has 0 radical (unpaired) electrons. The van der Waals surface area contributed by atoms with Crippen molar-refractivity contribution in [1.29, 1.82) is 0 Å². The molecule has 2 aliphatic rings. The average molecular weight is 344 g/mol. The summed E-state index contributed by atoms with van der Waals surface area (Å²) in [5.41, 5.74) is 1.80. The monoisotopic (exact) mass is 344 g/mol. The third-order valence-corrected chi connectivity index (χ3v) is 5.23. The van der Waals surface area contributed by atoms with Gasteiger partial charge in [0, 0.05) is 31.2 Å². The van der Waals surface area contributed by atoms with Gasteiger partial charge in [-0.2, -0.15) is 0 Å². The first-order chi connectivity index (χ1) is 12.1. The van der Waals surface area contributed by atoms with E-state index in [9.17, 15) is 9.59 Å². The number of ether oxygens (including phenoxy) is 1. The van der Waals surface area contributed by atoms with Crippen LogP contribution >= 0.6 is 0 Å². The summed E-state index contributed by atoms with van der Waals surface area (Å²) in [5.74, 6) is 0.678. The molecule has 1 saturated heterocycles. The first kappa shape index (κ1) is 17.9. The molecule has 25 heavy (non-hydrogen) atoms. The molecule has 0 spiro atoms. The maximum atomic E-state index is 12.5. The molecule has 2 heterocycles. The van der Waals surface area contributed by atoms with Gasteiger partial charge in [0.2, 0.25) is 5.91 Å². The highest BCUT2D eigenvalue weighted by atomic mass is 16.5. The minimum Gasteiger partial charge on any atom is -0.378 e. The lowest BCUT2D eigenvalue weighted by Crippen LogP contribution is -2.47. The fraction of sp³-hybridized carbons (Fsp3) is 0.600. The SMILES string of the molecule is CC(C)[C@@H]1OCCC[C@H]1CNC(=O)CN1CCc2ccccc2C1=O. The molecule has 0 aliphatic carbocycles. The Morgan fingerprint density at radius 2 is 2.16 bits per heavy atom. The van der Waals surface area contributed by atoms with Gasteiger partial charge in [0.15, 0.2) is 0 Å². The number of nitrogens with one attached hydrogen (secondary N) is 1. The third kappa shape index (κ3) is 4.21. The normalized spacial score (nSPS) is 23.5. The number of fused-ring (bicyclic) bond motifs is 1. The van der Waals surface area contributed by atoms with Crippen LogP contribution in [0.2, 0.25) is 0 Å². The largest absolute Gasteiger partial charge is 0.378 e. The zero-order chi connectivity index (χ0) is 17.8. The molecule has 5 heteroatoms. The van der Waals surface area contributed by atoms with Crippen molar-refractivity contribution >= 4 is 11.8 Å². The molecule has 2 aliphatic heterocycles. The van der Waals surface area contributed by atoms with Gasteiger partial charge in [-0.3, -0.25) is 9.59 Å². The van der Waals surface area contributed by atoms with E-state index in [-0.39, 0.29) is 24.5 Å². The second kappa shape index (κ2) is 8.00. The van der Waals surface area contributed by atoms with Crippen LogP contribution in [0.15, 0.2) is 24.3 Å². The Morgan fingerprint density at radius 3 is 2.96 bits per heavy atom. The molecule has 0 bridgehead atoms. The second-order valence-corrected chi connectivity index (χ2v) is 7.42. The number of nitrogens with zero attached hydrogens (tertiary/aromatic N) is 1. The predicted octanol–water partition coefficient (Wildman–Crippen LogP) is 2.25. The van der Waals surface area contributed by atoms with Crippen LogP contribution in [0, 0.1) is 11.8 Å². The summed E-state index contributed by atoms with van der Waals surface area (Å²) in [6.45, 7) is 6.50. The average Bonchev–Trinajstić information content (AvgIpc) is 2.63. The summed E-state index contributed by atoms with van der Waals surface area (Å²) >= 11 is 0. The Balaban J connectivity index is 1.52. The van der Waals surface area contributed by atoms with Crippen LogP contribution in [-0.2, 0) is 16.0 Å². The Kier molecular flexibility index (Phi) is 5.74. The van der Waals surface area contributed by atoms with Crippen molar-refractivity contribution < 1.29 is 14.3 Å². The Hall–Kier alpha value is -1.88. The number of amides is 2. The molecule has 1 N–H and O–H groups in total. The van der Waals surface area contributed by atoms with Gasteiger partial charge in [-0.15, -0.1) is 0 Å². The van der Waals surface area contributed by atoms with Gasteiger partial charge in [-0.05, 0) is 36.8 Å². The van der Waals surface area contributed by atoms with E-state index in [1.807, 2.05) is 24.3 Å². The number of hydrogen-bond acceptors (Lipinski definition) is 3. The van der Waals surface area contributed by atoms with Crippen molar-refractivity contribution in [2.24, 2.45) is 11.8 Å². The smallest absolute Gasteiger partial charge is 0.254 e. The molecule has 2 amide bonds. The van der Waals surface area contributed by atoms with Gasteiger partial charge in [0.05, 0.1) is 12.6 Å². The number of rotatable bonds is 5. The minimum atomic E-state index is -0.0826. The number of carbonyl (C=O) groups is 2. The third-order valence-electron chi connectivity index (χ3n) is 5.23. The molecular formula is C20H28N2O3. The van der Waals surface area contributed by atoms with E-state index in [0.717, 1.165) is 37.0 Å². The van der Waals surface area contributed by atoms with Crippen molar-refractivity contribution in [3.05, 3.63) is 35.4 Å². The maximum Gasteiger partial charge on any atom is 0.254 e. The molecule has 3 rings (SSSR count). The van der Waals surface area contributed by atoms with E-state index in [1.54, 1.807) is 4.90 Å². The first-order valence-corrected chi connectivity index (χ1v) is 9.31. The summed E-state index contributed by atoms with van der Waals surface area (Å²) in [7, 11) is 0. The lowest BCUT2D eigenvalue weighted by molar-refractivity contribution is -0.122. The summed E-state index contributed by atoms with van der Waals surface area (Å²) in [6, 6.07) is 7.65. The van der Waals surface area contributed by atoms with Crippen LogP contribution in [0.5, 0.6) is 0 Å². The number of benzene rings is 1. The van der Waals surface area contributed by atoms with E-state index >= 15 is 0 Å². The summed E-state index contributed by atoms with van der Waals surface area (Å²) in [5, 5.41) is 3.02. The molecule has 0 unspecified atom stereocenters. The van der Waals surface area contributed by atoms with E-state index < -0.39 is 0 Å². The first-order valence-electron chi connectivity index (χ1n) is 9.31. The lowest BCUT2D eigenvalue weighted by atomic mass is 9.87. The molecule has 0 saturated carbocycles. The van der Waals surface area contributed by atoms with Crippen LogP contribution in [0.1, 0.15) is 42.6 Å². The Morgan fingerprint density at radius 1 is 1.36 bits per heavy atom. The highest BCUT2D eigenvalue weighted by molar-refractivity contribution is 5.98. The molecule has 5 nitrogen and oxygen atoms in total. The van der Waals surface area contributed by atoms with Gasteiger partial charge in [-0.1, -0.05) is 32.0 Å². The van der Waals surface area contributed by atoms with Gasteiger partial charge in [0.1, 0.15) is 0 Å². The predicted molar refractivity (Wildman–Crippen MR) is 96.4 cm³/mol. The van der Waals surface area contributed by atoms with E-state index in [4.69, 9.17) is 4.74 Å². The van der Waals surface area contributed by atoms with Crippen LogP contribution in [0.25, 0.3) is 0 Å². The van der Waals surface area contributed by atoms with Gasteiger partial charge in [-0.25, -0.2) is 0 Å². The van der Waals surface area contributed by atoms with E-state index in [1.165, 1.54) is 0 Å². The lowest BCUT2D eigenvalue weighted by Gasteiger charge is -2.34. The number of carbonyl (C=O) groups excluding carboxylic acids is 2. The Bertz CT molecular complexity index is 629. The van der Waals surface area contributed by atoms with Crippen molar-refractivity contribution in [3.8, 4) is 0 Å². The van der Waals surface area contributed by atoms with Crippen LogP contribution in [0.4, 0.5) is 0 Å². The zero-order valence-corrected chi connectivity index (χ0v) is 15.2. The minimum absolute atomic E-state index is 0.0435. The highest BCUT2D eigenvalue weighted by Gasteiger charge is 2.29. The quantitative estimate of drug-likeness (QED) is 0.891. The maximum absolute atomic E-state index is 12.5. The van der Waals surface area contributed by atoms with Crippen molar-refractivity contribution in [1.82, 2.24) is 10.2 Å². The summed E-state index contributed by atoms with van der Waals surface area (Å²) < 4.78 is 5.87. The molecule has 1 aromatic carbocycles. The zero-order valence-electron chi connectivity index (χ0n) is 15.2. The highest BCUT2D eigenvalue weighted by Crippen LogP contribution is 2.25. The van der Waals surface area contributed by atoms with Crippen LogP contribution in [0.3, 0.4) is 0 Å². The topological polar surface area (TPSA) is 58.6 Å². The molecule has 1 aromatic rings. The fourth-order valence-corrected chi connectivity index (χ4v) is 3.92. The molecule has 2 atom stereocenters. The summed E-state index contributed by atoms with van der Waals surface area (Å²) in [6.07, 6.45) is 3.14. The standard InChI is InChI=1S/C20H28N2O3/c1-14(2)19-16(7-5-11-25-19)12-21-18(23)13-22-10-9-15-6-3-4-8-17(15)20(22)24/h3-4,6,8,14,16,19H,5,7,9-13H2,1-2H3,(H,21,23)/t16-,19-/m0/s1. The molecular weight excluding hydrogens is 316 g/mol. The van der Waals surface area contributed by atoms with Gasteiger partial charge in [0.25, 0.3) is 5.91 Å². The molecule has 0 aromatic heterocycles. The second-order valence-electron chi connectivity index (χ2n) is 7.42. The van der Waals surface area contributed by atoms with Crippen molar-refractivity contribution in [2.75, 3.05) is 26.2 Å². The van der Waals surface area contributed by atoms with E-state index in [0.29, 0.717) is 24.9 Å². The molecule has 1 fully saturated rings. The number of hydrogen-bond donors (Lipinski definition) is 1. The fourth-order valence-electron chi connectivity index (χ4n) is 3.92. The van der Waals surface area contributed by atoms with Crippen molar-refractivity contribution in [2.45, 2.75) is 39.2 Å². The van der Waals surface area contributed by atoms with Crippen molar-refractivity contribution in [3.63, 3.8) is 0 Å². The van der Waals surface area contributed by atoms with Gasteiger partial charge >= 0.3 is 0 Å². The van der Waals surface area contributed by atoms with Crippen LogP contribution < -0.4 is 5.32 Å². The van der Waals surface area contributed by atoms with Gasteiger partial charge < -0.3 is 15.0 Å². The van der Waals surface area contributed by atoms with E-state index in [2.05, 4.69) is 19.2 Å². The summed E-state index contributed by atoms with van der Waals surface area (Å²) in [4.78, 5) is 26.5. The molecule has 136 valence electrons. The van der Waals surface area contributed by atoms with Crippen LogP contribution in [-0.4, -0.2) is 49.1 Å². The Labute approximate surface area is 149 Å².